The molecule has 0 saturated heterocycles. The summed E-state index contributed by atoms with van der Waals surface area (Å²) in [6.45, 7) is 4.19. The molecule has 2 aliphatic rings. The Morgan fingerprint density at radius 2 is 2.12 bits per heavy atom. The van der Waals surface area contributed by atoms with Gasteiger partial charge in [-0.25, -0.2) is 0 Å². The van der Waals surface area contributed by atoms with Gasteiger partial charge in [-0.15, -0.1) is 22.6 Å². The number of aromatic nitrogens is 3. The molecule has 4 rings (SSSR count). The standard InChI is InChI=1S/C17H22N4O2.ClH/c1-12(17-20-19-15-8-3-2-4-9-21(15)17)18-10-13-6-5-7-14-16(13)23-11-22-14;/h5-7,12,18H,2-4,8-11H2,1H3;1H. The summed E-state index contributed by atoms with van der Waals surface area (Å²) in [6.07, 6.45) is 4.74. The maximum absolute atomic E-state index is 5.56. The van der Waals surface area contributed by atoms with E-state index < -0.39 is 0 Å². The van der Waals surface area contributed by atoms with Crippen molar-refractivity contribution in [2.24, 2.45) is 0 Å². The number of aryl methyl sites for hydroxylation is 1. The monoisotopic (exact) mass is 350 g/mol. The van der Waals surface area contributed by atoms with Gasteiger partial charge in [0.15, 0.2) is 11.5 Å². The van der Waals surface area contributed by atoms with E-state index >= 15 is 0 Å². The first-order valence-electron chi connectivity index (χ1n) is 8.36. The van der Waals surface area contributed by atoms with Gasteiger partial charge in [-0.3, -0.25) is 0 Å². The second-order valence-corrected chi connectivity index (χ2v) is 6.19. The van der Waals surface area contributed by atoms with Gasteiger partial charge < -0.3 is 19.4 Å². The molecule has 1 atom stereocenters. The molecule has 0 bridgehead atoms. The molecule has 7 heteroatoms. The first kappa shape index (κ1) is 17.0. The normalized spacial score (nSPS) is 16.9. The number of fused-ring (bicyclic) bond motifs is 2. The van der Waals surface area contributed by atoms with Crippen molar-refractivity contribution in [2.45, 2.75) is 51.7 Å². The average molecular weight is 351 g/mol. The lowest BCUT2D eigenvalue weighted by atomic mass is 10.1. The highest BCUT2D eigenvalue weighted by molar-refractivity contribution is 5.85. The molecule has 2 aliphatic heterocycles. The predicted molar refractivity (Wildman–Crippen MR) is 92.6 cm³/mol. The minimum absolute atomic E-state index is 0. The quantitative estimate of drug-likeness (QED) is 0.918. The second kappa shape index (κ2) is 7.40. The lowest BCUT2D eigenvalue weighted by Crippen LogP contribution is -2.22. The summed E-state index contributed by atoms with van der Waals surface area (Å²) >= 11 is 0. The molecule has 24 heavy (non-hydrogen) atoms. The first-order valence-corrected chi connectivity index (χ1v) is 8.36. The van der Waals surface area contributed by atoms with Crippen molar-refractivity contribution in [3.63, 3.8) is 0 Å². The van der Waals surface area contributed by atoms with Crippen molar-refractivity contribution in [1.82, 2.24) is 20.1 Å². The summed E-state index contributed by atoms with van der Waals surface area (Å²) in [4.78, 5) is 0. The van der Waals surface area contributed by atoms with Crippen LogP contribution in [0.2, 0.25) is 0 Å². The zero-order valence-electron chi connectivity index (χ0n) is 13.8. The van der Waals surface area contributed by atoms with Crippen LogP contribution in [0.15, 0.2) is 18.2 Å². The Hall–Kier alpha value is -1.79. The zero-order chi connectivity index (χ0) is 15.6. The molecule has 0 radical (unpaired) electrons. The third kappa shape index (κ3) is 3.21. The number of halogens is 1. The van der Waals surface area contributed by atoms with Crippen molar-refractivity contribution >= 4 is 12.4 Å². The van der Waals surface area contributed by atoms with Crippen LogP contribution in [0.1, 0.15) is 49.4 Å². The van der Waals surface area contributed by atoms with Crippen LogP contribution >= 0.6 is 12.4 Å². The van der Waals surface area contributed by atoms with Crippen molar-refractivity contribution in [2.75, 3.05) is 6.79 Å². The number of hydrogen-bond acceptors (Lipinski definition) is 5. The molecule has 0 saturated carbocycles. The topological polar surface area (TPSA) is 61.2 Å². The van der Waals surface area contributed by atoms with Crippen molar-refractivity contribution in [1.29, 1.82) is 0 Å². The maximum Gasteiger partial charge on any atom is 0.231 e. The van der Waals surface area contributed by atoms with Gasteiger partial charge in [-0.2, -0.15) is 0 Å². The maximum atomic E-state index is 5.56. The molecule has 0 fully saturated rings. The van der Waals surface area contributed by atoms with Gasteiger partial charge in [0.05, 0.1) is 6.04 Å². The van der Waals surface area contributed by atoms with Gasteiger partial charge in [0.2, 0.25) is 6.79 Å². The third-order valence-corrected chi connectivity index (χ3v) is 4.60. The predicted octanol–water partition coefficient (Wildman–Crippen LogP) is 3.01. The van der Waals surface area contributed by atoms with E-state index in [9.17, 15) is 0 Å². The first-order chi connectivity index (χ1) is 11.3. The van der Waals surface area contributed by atoms with Gasteiger partial charge in [0.1, 0.15) is 11.6 Å². The highest BCUT2D eigenvalue weighted by Gasteiger charge is 2.21. The molecule has 0 aliphatic carbocycles. The Kier molecular flexibility index (Phi) is 5.26. The van der Waals surface area contributed by atoms with Crippen molar-refractivity contribution in [3.05, 3.63) is 35.4 Å². The average Bonchev–Trinajstić information content (AvgIpc) is 3.14. The fourth-order valence-electron chi connectivity index (χ4n) is 3.31. The Labute approximate surface area is 148 Å². The molecule has 3 heterocycles. The summed E-state index contributed by atoms with van der Waals surface area (Å²) in [7, 11) is 0. The number of ether oxygens (including phenoxy) is 2. The Morgan fingerprint density at radius 3 is 3.04 bits per heavy atom. The highest BCUT2D eigenvalue weighted by atomic mass is 35.5. The second-order valence-electron chi connectivity index (χ2n) is 6.19. The molecular formula is C17H23ClN4O2. The SMILES string of the molecule is CC(NCc1cccc2c1OCO2)c1nnc2n1CCCCC2.Cl. The summed E-state index contributed by atoms with van der Waals surface area (Å²) < 4.78 is 13.3. The highest BCUT2D eigenvalue weighted by Crippen LogP contribution is 2.35. The Bertz CT molecular complexity index is 704. The molecule has 130 valence electrons. The number of nitrogens with zero attached hydrogens (tertiary/aromatic N) is 3. The van der Waals surface area contributed by atoms with E-state index in [-0.39, 0.29) is 18.4 Å². The van der Waals surface area contributed by atoms with Crippen LogP contribution in [0, 0.1) is 0 Å². The van der Waals surface area contributed by atoms with E-state index in [0.29, 0.717) is 6.79 Å². The smallest absolute Gasteiger partial charge is 0.231 e. The molecule has 1 aromatic carbocycles. The molecule has 0 spiro atoms. The van der Waals surface area contributed by atoms with E-state index in [0.717, 1.165) is 48.2 Å². The number of nitrogens with one attached hydrogen (secondary N) is 1. The van der Waals surface area contributed by atoms with Crippen LogP contribution in [-0.2, 0) is 19.5 Å². The fourth-order valence-corrected chi connectivity index (χ4v) is 3.31. The third-order valence-electron chi connectivity index (χ3n) is 4.60. The van der Waals surface area contributed by atoms with Gasteiger partial charge in [-0.1, -0.05) is 18.6 Å². The Morgan fingerprint density at radius 1 is 1.21 bits per heavy atom. The van der Waals surface area contributed by atoms with E-state index in [1.807, 2.05) is 12.1 Å². The van der Waals surface area contributed by atoms with Gasteiger partial charge in [0, 0.05) is 25.1 Å². The van der Waals surface area contributed by atoms with Crippen LogP contribution in [0.4, 0.5) is 0 Å². The summed E-state index contributed by atoms with van der Waals surface area (Å²) in [5.74, 6) is 3.84. The number of rotatable bonds is 4. The van der Waals surface area contributed by atoms with Gasteiger partial charge in [-0.05, 0) is 25.8 Å². The lowest BCUT2D eigenvalue weighted by Gasteiger charge is -2.16. The molecule has 6 nitrogen and oxygen atoms in total. The summed E-state index contributed by atoms with van der Waals surface area (Å²) in [5, 5.41) is 12.3. The molecule has 0 amide bonds. The van der Waals surface area contributed by atoms with E-state index in [1.54, 1.807) is 0 Å². The minimum atomic E-state index is 0. The van der Waals surface area contributed by atoms with Crippen LogP contribution in [0.25, 0.3) is 0 Å². The van der Waals surface area contributed by atoms with E-state index in [2.05, 4.69) is 33.1 Å². The molecule has 1 N–H and O–H groups in total. The summed E-state index contributed by atoms with van der Waals surface area (Å²) in [5.41, 5.74) is 1.11. The summed E-state index contributed by atoms with van der Waals surface area (Å²) in [6, 6.07) is 6.15. The van der Waals surface area contributed by atoms with E-state index in [4.69, 9.17) is 9.47 Å². The van der Waals surface area contributed by atoms with Crippen LogP contribution < -0.4 is 14.8 Å². The molecular weight excluding hydrogens is 328 g/mol. The Balaban J connectivity index is 0.00000169. The number of hydrogen-bond donors (Lipinski definition) is 1. The number of para-hydroxylation sites is 1. The van der Waals surface area contributed by atoms with Crippen LogP contribution in [0.5, 0.6) is 11.5 Å². The van der Waals surface area contributed by atoms with Crippen molar-refractivity contribution < 1.29 is 9.47 Å². The molecule has 1 aromatic heterocycles. The van der Waals surface area contributed by atoms with Gasteiger partial charge in [0.25, 0.3) is 0 Å². The minimum Gasteiger partial charge on any atom is -0.454 e. The molecule has 1 unspecified atom stereocenters. The van der Waals surface area contributed by atoms with Gasteiger partial charge >= 0.3 is 0 Å². The zero-order valence-corrected chi connectivity index (χ0v) is 14.6. The van der Waals surface area contributed by atoms with Crippen LogP contribution in [0.3, 0.4) is 0 Å². The lowest BCUT2D eigenvalue weighted by molar-refractivity contribution is 0.173. The van der Waals surface area contributed by atoms with E-state index in [1.165, 1.54) is 19.3 Å². The largest absolute Gasteiger partial charge is 0.454 e. The molecule has 2 aromatic rings. The fraction of sp³-hybridized carbons (Fsp3) is 0.529. The number of benzene rings is 1. The van der Waals surface area contributed by atoms with Crippen LogP contribution in [-0.4, -0.2) is 21.6 Å². The van der Waals surface area contributed by atoms with Crippen molar-refractivity contribution in [3.8, 4) is 11.5 Å².